The van der Waals surface area contributed by atoms with E-state index in [4.69, 9.17) is 24.7 Å². The van der Waals surface area contributed by atoms with Crippen LogP contribution in [0.1, 0.15) is 27.2 Å². The topological polar surface area (TPSA) is 138 Å². The van der Waals surface area contributed by atoms with Crippen molar-refractivity contribution in [3.8, 4) is 0 Å². The molecule has 21 heavy (non-hydrogen) atoms. The van der Waals surface area contributed by atoms with Crippen molar-refractivity contribution in [3.63, 3.8) is 0 Å². The van der Waals surface area contributed by atoms with Crippen molar-refractivity contribution in [2.75, 3.05) is 19.8 Å². The number of hydrogen-bond donors (Lipinski definition) is 4. The number of carbonyl (C=O) groups is 2. The Morgan fingerprint density at radius 1 is 1.14 bits per heavy atom. The maximum absolute atomic E-state index is 10.9. The van der Waals surface area contributed by atoms with Gasteiger partial charge in [-0.3, -0.25) is 0 Å². The standard InChI is InChI=1S/C11H26N4O5Si/c1-4-18-21(19-5-2,8-6-7-14-10(12)16)20-9(3)15-11(13)17/h9H,4-8H2,1-3H3,(H3,12,14,16)(H3,13,15,17). The summed E-state index contributed by atoms with van der Waals surface area (Å²) in [5.74, 6) is 0. The van der Waals surface area contributed by atoms with E-state index in [1.807, 2.05) is 13.8 Å². The summed E-state index contributed by atoms with van der Waals surface area (Å²) in [6.07, 6.45) is -0.0466. The third-order valence-corrected chi connectivity index (χ3v) is 5.52. The zero-order valence-electron chi connectivity index (χ0n) is 12.8. The molecule has 1 atom stereocenters. The Labute approximate surface area is 126 Å². The van der Waals surface area contributed by atoms with Gasteiger partial charge in [-0.05, 0) is 27.2 Å². The molecule has 0 aliphatic carbocycles. The average molecular weight is 322 g/mol. The summed E-state index contributed by atoms with van der Waals surface area (Å²) in [5.41, 5.74) is 10.1. The Kier molecular flexibility index (Phi) is 9.70. The third-order valence-electron chi connectivity index (χ3n) is 2.39. The van der Waals surface area contributed by atoms with E-state index < -0.39 is 27.1 Å². The Balaban J connectivity index is 4.63. The van der Waals surface area contributed by atoms with Gasteiger partial charge in [-0.2, -0.15) is 0 Å². The Morgan fingerprint density at radius 3 is 2.14 bits per heavy atom. The molecule has 10 heteroatoms. The number of amides is 4. The lowest BCUT2D eigenvalue weighted by Crippen LogP contribution is -2.52. The number of rotatable bonds is 11. The highest BCUT2D eigenvalue weighted by Crippen LogP contribution is 2.19. The van der Waals surface area contributed by atoms with Gasteiger partial charge in [-0.25, -0.2) is 9.59 Å². The molecule has 0 aliphatic rings. The Hall–Kier alpha value is -1.36. The summed E-state index contributed by atoms with van der Waals surface area (Å²) < 4.78 is 17.2. The zero-order valence-corrected chi connectivity index (χ0v) is 13.8. The van der Waals surface area contributed by atoms with Crippen LogP contribution in [0.3, 0.4) is 0 Å². The summed E-state index contributed by atoms with van der Waals surface area (Å²) >= 11 is 0. The highest BCUT2D eigenvalue weighted by molar-refractivity contribution is 6.60. The summed E-state index contributed by atoms with van der Waals surface area (Å²) in [7, 11) is -2.96. The predicted molar refractivity (Wildman–Crippen MR) is 79.3 cm³/mol. The predicted octanol–water partition coefficient (Wildman–Crippen LogP) is 0.0876. The Bertz CT molecular complexity index is 326. The monoisotopic (exact) mass is 322 g/mol. The molecule has 9 nitrogen and oxygen atoms in total. The van der Waals surface area contributed by atoms with Crippen LogP contribution in [0.4, 0.5) is 9.59 Å². The summed E-state index contributed by atoms with van der Waals surface area (Å²) in [6.45, 7) is 6.53. The van der Waals surface area contributed by atoms with E-state index in [9.17, 15) is 9.59 Å². The number of primary amides is 2. The van der Waals surface area contributed by atoms with Gasteiger partial charge in [0.05, 0.1) is 0 Å². The van der Waals surface area contributed by atoms with Crippen LogP contribution in [0.15, 0.2) is 0 Å². The maximum Gasteiger partial charge on any atom is 0.502 e. The molecule has 0 saturated carbocycles. The van der Waals surface area contributed by atoms with Crippen LogP contribution in [0, 0.1) is 0 Å². The normalized spacial score (nSPS) is 12.7. The molecular formula is C11H26N4O5Si. The molecule has 0 heterocycles. The van der Waals surface area contributed by atoms with Gasteiger partial charge >= 0.3 is 20.9 Å². The zero-order chi connectivity index (χ0) is 16.3. The van der Waals surface area contributed by atoms with Crippen LogP contribution in [0.25, 0.3) is 0 Å². The molecule has 0 radical (unpaired) electrons. The summed E-state index contributed by atoms with van der Waals surface area (Å²) in [6, 6.07) is -0.784. The lowest BCUT2D eigenvalue weighted by molar-refractivity contribution is 0.0308. The van der Waals surface area contributed by atoms with E-state index in [0.717, 1.165) is 0 Å². The van der Waals surface area contributed by atoms with Crippen LogP contribution >= 0.6 is 0 Å². The van der Waals surface area contributed by atoms with Gasteiger partial charge in [-0.15, -0.1) is 0 Å². The minimum absolute atomic E-state index is 0.394. The summed E-state index contributed by atoms with van der Waals surface area (Å²) in [5, 5.41) is 4.92. The van der Waals surface area contributed by atoms with Crippen LogP contribution in [0.5, 0.6) is 0 Å². The van der Waals surface area contributed by atoms with Crippen molar-refractivity contribution in [1.82, 2.24) is 10.6 Å². The smallest absolute Gasteiger partial charge is 0.374 e. The second-order valence-corrected chi connectivity index (χ2v) is 6.89. The van der Waals surface area contributed by atoms with Gasteiger partial charge in [0, 0.05) is 25.8 Å². The van der Waals surface area contributed by atoms with Crippen molar-refractivity contribution in [1.29, 1.82) is 0 Å². The first-order valence-electron chi connectivity index (χ1n) is 6.90. The molecule has 0 bridgehead atoms. The van der Waals surface area contributed by atoms with Crippen LogP contribution < -0.4 is 22.1 Å². The SMILES string of the molecule is CCO[Si](CCCNC(N)=O)(OCC)OC(C)NC(N)=O. The van der Waals surface area contributed by atoms with Gasteiger partial charge in [0.2, 0.25) is 0 Å². The summed E-state index contributed by atoms with van der Waals surface area (Å²) in [4.78, 5) is 21.5. The molecule has 0 aromatic heterocycles. The number of nitrogens with two attached hydrogens (primary N) is 2. The molecule has 0 spiro atoms. The molecule has 0 aromatic rings. The number of hydrogen-bond acceptors (Lipinski definition) is 5. The number of nitrogens with one attached hydrogen (secondary N) is 2. The van der Waals surface area contributed by atoms with Crippen molar-refractivity contribution in [2.45, 2.75) is 39.5 Å². The van der Waals surface area contributed by atoms with Crippen molar-refractivity contribution in [3.05, 3.63) is 0 Å². The Morgan fingerprint density at radius 2 is 1.71 bits per heavy atom. The highest BCUT2D eigenvalue weighted by Gasteiger charge is 2.42. The van der Waals surface area contributed by atoms with Crippen molar-refractivity contribution < 1.29 is 22.9 Å². The number of carbonyl (C=O) groups excluding carboxylic acids is 2. The fourth-order valence-corrected chi connectivity index (χ4v) is 4.48. The van der Waals surface area contributed by atoms with E-state index in [0.29, 0.717) is 32.2 Å². The average Bonchev–Trinajstić information content (AvgIpc) is 2.34. The second kappa shape index (κ2) is 10.4. The van der Waals surface area contributed by atoms with E-state index in [1.165, 1.54) is 0 Å². The quantitative estimate of drug-likeness (QED) is 0.242. The molecule has 0 aliphatic heterocycles. The van der Waals surface area contributed by atoms with Crippen LogP contribution in [0.2, 0.25) is 6.04 Å². The van der Waals surface area contributed by atoms with Gasteiger partial charge < -0.3 is 35.4 Å². The highest BCUT2D eigenvalue weighted by atomic mass is 28.4. The molecule has 0 fully saturated rings. The van der Waals surface area contributed by atoms with Crippen LogP contribution in [-0.2, 0) is 13.3 Å². The van der Waals surface area contributed by atoms with E-state index in [2.05, 4.69) is 10.6 Å². The molecule has 124 valence electrons. The molecule has 4 amide bonds. The van der Waals surface area contributed by atoms with E-state index in [1.54, 1.807) is 6.92 Å². The van der Waals surface area contributed by atoms with E-state index in [-0.39, 0.29) is 0 Å². The third kappa shape index (κ3) is 9.23. The molecule has 0 rings (SSSR count). The molecule has 0 aromatic carbocycles. The number of urea groups is 2. The second-order valence-electron chi connectivity index (χ2n) is 4.21. The first kappa shape index (κ1) is 19.6. The first-order chi connectivity index (χ1) is 9.85. The first-order valence-corrected chi connectivity index (χ1v) is 8.83. The maximum atomic E-state index is 10.9. The van der Waals surface area contributed by atoms with Crippen molar-refractivity contribution >= 4 is 20.9 Å². The van der Waals surface area contributed by atoms with Crippen LogP contribution in [-0.4, -0.2) is 46.9 Å². The molecule has 6 N–H and O–H groups in total. The molecule has 0 saturated heterocycles. The fraction of sp³-hybridized carbons (Fsp3) is 0.818. The van der Waals surface area contributed by atoms with Gasteiger partial charge in [0.15, 0.2) is 0 Å². The minimum atomic E-state index is -2.96. The largest absolute Gasteiger partial charge is 0.502 e. The fourth-order valence-electron chi connectivity index (χ4n) is 1.77. The van der Waals surface area contributed by atoms with Gasteiger partial charge in [0.1, 0.15) is 6.23 Å². The van der Waals surface area contributed by atoms with Crippen molar-refractivity contribution in [2.24, 2.45) is 11.5 Å². The van der Waals surface area contributed by atoms with E-state index >= 15 is 0 Å². The lowest BCUT2D eigenvalue weighted by Gasteiger charge is -2.31. The minimum Gasteiger partial charge on any atom is -0.374 e. The lowest BCUT2D eigenvalue weighted by atomic mass is 10.5. The molecule has 1 unspecified atom stereocenters. The molecular weight excluding hydrogens is 296 g/mol. The van der Waals surface area contributed by atoms with Gasteiger partial charge in [-0.1, -0.05) is 0 Å². The van der Waals surface area contributed by atoms with Gasteiger partial charge in [0.25, 0.3) is 0 Å².